The predicted octanol–water partition coefficient (Wildman–Crippen LogP) is 3.64. The van der Waals surface area contributed by atoms with Crippen LogP contribution < -0.4 is 14.2 Å². The van der Waals surface area contributed by atoms with Crippen LogP contribution in [-0.4, -0.2) is 22.1 Å². The Kier molecular flexibility index (Phi) is 5.97. The van der Waals surface area contributed by atoms with Crippen molar-refractivity contribution in [2.24, 2.45) is 0 Å². The molecule has 0 aliphatic carbocycles. The molecular formula is C17H19F2NO4S. The van der Waals surface area contributed by atoms with Gasteiger partial charge in [-0.2, -0.15) is 8.78 Å². The van der Waals surface area contributed by atoms with Crippen molar-refractivity contribution in [2.75, 3.05) is 7.11 Å². The van der Waals surface area contributed by atoms with Crippen LogP contribution in [0.15, 0.2) is 47.4 Å². The van der Waals surface area contributed by atoms with Gasteiger partial charge in [-0.1, -0.05) is 29.8 Å². The lowest BCUT2D eigenvalue weighted by Crippen LogP contribution is -2.28. The van der Waals surface area contributed by atoms with Gasteiger partial charge >= 0.3 is 6.61 Å². The van der Waals surface area contributed by atoms with Gasteiger partial charge in [-0.3, -0.25) is 0 Å². The van der Waals surface area contributed by atoms with Gasteiger partial charge < -0.3 is 9.47 Å². The Morgan fingerprint density at radius 3 is 2.40 bits per heavy atom. The molecule has 0 radical (unpaired) electrons. The number of halogens is 2. The van der Waals surface area contributed by atoms with Crippen LogP contribution in [0.4, 0.5) is 8.78 Å². The van der Waals surface area contributed by atoms with Gasteiger partial charge in [-0.25, -0.2) is 13.1 Å². The zero-order chi connectivity index (χ0) is 18.6. The standard InChI is InChI=1S/C17H19F2NO4S/c1-11-8-9-14(23-3)13(10-11)12(2)20-25(21,22)16-7-5-4-6-15(16)24-17(18)19/h4-10,12,17,20H,1-3H3. The lowest BCUT2D eigenvalue weighted by Gasteiger charge is -2.19. The minimum Gasteiger partial charge on any atom is -0.496 e. The van der Waals surface area contributed by atoms with Crippen molar-refractivity contribution in [3.63, 3.8) is 0 Å². The van der Waals surface area contributed by atoms with E-state index in [1.807, 2.05) is 13.0 Å². The number of rotatable bonds is 7. The third-order valence-electron chi connectivity index (χ3n) is 3.54. The van der Waals surface area contributed by atoms with Crippen molar-refractivity contribution in [1.29, 1.82) is 0 Å². The van der Waals surface area contributed by atoms with E-state index in [-0.39, 0.29) is 4.90 Å². The quantitative estimate of drug-likeness (QED) is 0.807. The first-order chi connectivity index (χ1) is 11.7. The van der Waals surface area contributed by atoms with Crippen molar-refractivity contribution in [3.05, 3.63) is 53.6 Å². The minimum atomic E-state index is -4.09. The maximum Gasteiger partial charge on any atom is 0.387 e. The van der Waals surface area contributed by atoms with E-state index in [2.05, 4.69) is 9.46 Å². The highest BCUT2D eigenvalue weighted by molar-refractivity contribution is 7.89. The molecule has 2 rings (SSSR count). The van der Waals surface area contributed by atoms with Crippen molar-refractivity contribution >= 4 is 10.0 Å². The van der Waals surface area contributed by atoms with Crippen molar-refractivity contribution in [3.8, 4) is 11.5 Å². The predicted molar refractivity (Wildman–Crippen MR) is 89.5 cm³/mol. The van der Waals surface area contributed by atoms with E-state index in [1.165, 1.54) is 31.4 Å². The van der Waals surface area contributed by atoms with E-state index in [9.17, 15) is 17.2 Å². The second kappa shape index (κ2) is 7.79. The fraction of sp³-hybridized carbons (Fsp3) is 0.294. The van der Waals surface area contributed by atoms with E-state index < -0.39 is 28.4 Å². The molecule has 2 aromatic rings. The number of para-hydroxylation sites is 1. The summed E-state index contributed by atoms with van der Waals surface area (Å²) in [5, 5.41) is 0. The molecule has 2 aromatic carbocycles. The normalized spacial score (nSPS) is 12.9. The molecule has 0 fully saturated rings. The molecule has 25 heavy (non-hydrogen) atoms. The molecule has 8 heteroatoms. The summed E-state index contributed by atoms with van der Waals surface area (Å²) in [6.07, 6.45) is 0. The Labute approximate surface area is 145 Å². The third-order valence-corrected chi connectivity index (χ3v) is 5.12. The van der Waals surface area contributed by atoms with Crippen LogP contribution in [0.25, 0.3) is 0 Å². The molecule has 1 unspecified atom stereocenters. The van der Waals surface area contributed by atoms with Crippen LogP contribution in [0.1, 0.15) is 24.1 Å². The molecule has 0 amide bonds. The Balaban J connectivity index is 2.35. The molecule has 0 saturated carbocycles. The average molecular weight is 371 g/mol. The van der Waals surface area contributed by atoms with Crippen molar-refractivity contribution in [2.45, 2.75) is 31.4 Å². The zero-order valence-electron chi connectivity index (χ0n) is 14.0. The molecule has 0 saturated heterocycles. The summed E-state index contributed by atoms with van der Waals surface area (Å²) in [5.74, 6) is 0.117. The fourth-order valence-corrected chi connectivity index (χ4v) is 3.78. The minimum absolute atomic E-state index is 0.353. The highest BCUT2D eigenvalue weighted by atomic mass is 32.2. The zero-order valence-corrected chi connectivity index (χ0v) is 14.8. The molecule has 1 atom stereocenters. The van der Waals surface area contributed by atoms with Gasteiger partial charge in [0.1, 0.15) is 16.4 Å². The summed E-state index contributed by atoms with van der Waals surface area (Å²) in [6.45, 7) is 0.395. The highest BCUT2D eigenvalue weighted by Gasteiger charge is 2.25. The summed E-state index contributed by atoms with van der Waals surface area (Å²) < 4.78 is 62.3. The number of methoxy groups -OCH3 is 1. The lowest BCUT2D eigenvalue weighted by molar-refractivity contribution is -0.0517. The number of aryl methyl sites for hydroxylation is 1. The smallest absolute Gasteiger partial charge is 0.387 e. The molecule has 0 aromatic heterocycles. The number of hydrogen-bond donors (Lipinski definition) is 1. The molecular weight excluding hydrogens is 352 g/mol. The first-order valence-corrected chi connectivity index (χ1v) is 8.93. The van der Waals surface area contributed by atoms with Gasteiger partial charge in [0.05, 0.1) is 7.11 Å². The van der Waals surface area contributed by atoms with Gasteiger partial charge in [-0.15, -0.1) is 0 Å². The van der Waals surface area contributed by atoms with Gasteiger partial charge in [0.15, 0.2) is 0 Å². The third kappa shape index (κ3) is 4.67. The summed E-state index contributed by atoms with van der Waals surface area (Å²) in [4.78, 5) is -0.353. The second-order valence-corrected chi connectivity index (χ2v) is 7.10. The topological polar surface area (TPSA) is 64.6 Å². The fourth-order valence-electron chi connectivity index (χ4n) is 2.42. The van der Waals surface area contributed by atoms with Gasteiger partial charge in [0, 0.05) is 11.6 Å². The Morgan fingerprint density at radius 1 is 1.08 bits per heavy atom. The van der Waals surface area contributed by atoms with Crippen LogP contribution in [0.3, 0.4) is 0 Å². The lowest BCUT2D eigenvalue weighted by atomic mass is 10.1. The van der Waals surface area contributed by atoms with Crippen molar-refractivity contribution in [1.82, 2.24) is 4.72 Å². The van der Waals surface area contributed by atoms with E-state index >= 15 is 0 Å². The molecule has 136 valence electrons. The summed E-state index contributed by atoms with van der Waals surface area (Å²) >= 11 is 0. The molecule has 0 aliphatic rings. The largest absolute Gasteiger partial charge is 0.496 e. The first-order valence-electron chi connectivity index (χ1n) is 7.45. The maximum atomic E-state index is 12.6. The van der Waals surface area contributed by atoms with Crippen LogP contribution in [0.5, 0.6) is 11.5 Å². The number of alkyl halides is 2. The molecule has 0 heterocycles. The highest BCUT2D eigenvalue weighted by Crippen LogP contribution is 2.30. The van der Waals surface area contributed by atoms with E-state index in [0.29, 0.717) is 11.3 Å². The van der Waals surface area contributed by atoms with Crippen molar-refractivity contribution < 1.29 is 26.7 Å². The second-order valence-electron chi connectivity index (χ2n) is 5.41. The summed E-state index contributed by atoms with van der Waals surface area (Å²) in [7, 11) is -2.60. The van der Waals surface area contributed by atoms with Gasteiger partial charge in [-0.05, 0) is 32.0 Å². The van der Waals surface area contributed by atoms with Gasteiger partial charge in [0.2, 0.25) is 10.0 Å². The Morgan fingerprint density at radius 2 is 1.76 bits per heavy atom. The van der Waals surface area contributed by atoms with Crippen LogP contribution >= 0.6 is 0 Å². The molecule has 0 aliphatic heterocycles. The first kappa shape index (κ1) is 19.1. The summed E-state index contributed by atoms with van der Waals surface area (Å²) in [6, 6.07) is 9.99. The number of benzene rings is 2. The van der Waals surface area contributed by atoms with E-state index in [1.54, 1.807) is 19.1 Å². The molecule has 1 N–H and O–H groups in total. The molecule has 0 bridgehead atoms. The monoisotopic (exact) mass is 371 g/mol. The van der Waals surface area contributed by atoms with Crippen LogP contribution in [0, 0.1) is 6.92 Å². The van der Waals surface area contributed by atoms with E-state index in [4.69, 9.17) is 4.74 Å². The SMILES string of the molecule is COc1ccc(C)cc1C(C)NS(=O)(=O)c1ccccc1OC(F)F. The number of sulfonamides is 1. The molecule has 0 spiro atoms. The Bertz CT molecular complexity index is 840. The average Bonchev–Trinajstić information content (AvgIpc) is 2.54. The Hall–Kier alpha value is -2.19. The number of hydrogen-bond acceptors (Lipinski definition) is 4. The molecule has 5 nitrogen and oxygen atoms in total. The van der Waals surface area contributed by atoms with Crippen LogP contribution in [-0.2, 0) is 10.0 Å². The van der Waals surface area contributed by atoms with Crippen LogP contribution in [0.2, 0.25) is 0 Å². The van der Waals surface area contributed by atoms with E-state index in [0.717, 1.165) is 5.56 Å². The number of nitrogens with one attached hydrogen (secondary N) is 1. The maximum absolute atomic E-state index is 12.6. The summed E-state index contributed by atoms with van der Waals surface area (Å²) in [5.41, 5.74) is 1.57. The number of ether oxygens (including phenoxy) is 2. The van der Waals surface area contributed by atoms with Gasteiger partial charge in [0.25, 0.3) is 0 Å².